The van der Waals surface area contributed by atoms with Gasteiger partial charge in [-0.2, -0.15) is 5.10 Å². The van der Waals surface area contributed by atoms with Crippen LogP contribution in [-0.4, -0.2) is 14.9 Å². The Kier molecular flexibility index (Phi) is 2.69. The predicted octanol–water partition coefficient (Wildman–Crippen LogP) is 3.15. The van der Waals surface area contributed by atoms with Crippen molar-refractivity contribution in [2.45, 2.75) is 26.8 Å². The quantitative estimate of drug-likeness (QED) is 0.837. The molecule has 84 valence electrons. The number of benzene rings is 1. The third-order valence-electron chi connectivity index (χ3n) is 2.52. The number of hydrogen-bond acceptors (Lipinski definition) is 2. The summed E-state index contributed by atoms with van der Waals surface area (Å²) in [4.78, 5) is 0. The van der Waals surface area contributed by atoms with E-state index in [0.29, 0.717) is 0 Å². The van der Waals surface area contributed by atoms with E-state index in [4.69, 9.17) is 0 Å². The maximum absolute atomic E-state index is 9.73. The maximum atomic E-state index is 9.73. The van der Waals surface area contributed by atoms with Gasteiger partial charge in [0.15, 0.2) is 0 Å². The largest absolute Gasteiger partial charge is 0.493 e. The molecular weight excluding hydrogens is 200 g/mol. The topological polar surface area (TPSA) is 38.0 Å². The molecule has 1 heterocycles. The van der Waals surface area contributed by atoms with Crippen LogP contribution in [0.1, 0.15) is 25.5 Å². The normalized spacial score (nSPS) is 11.0. The molecule has 16 heavy (non-hydrogen) atoms. The van der Waals surface area contributed by atoms with Gasteiger partial charge in [0, 0.05) is 11.6 Å². The lowest BCUT2D eigenvalue weighted by Gasteiger charge is -2.05. The summed E-state index contributed by atoms with van der Waals surface area (Å²) < 4.78 is 1.62. The highest BCUT2D eigenvalue weighted by molar-refractivity contribution is 5.60. The Labute approximate surface area is 95.3 Å². The molecule has 0 aliphatic heterocycles. The fourth-order valence-corrected chi connectivity index (χ4v) is 1.71. The van der Waals surface area contributed by atoms with Crippen molar-refractivity contribution in [3.05, 3.63) is 35.9 Å². The molecule has 3 nitrogen and oxygen atoms in total. The highest BCUT2D eigenvalue weighted by Gasteiger charge is 2.10. The van der Waals surface area contributed by atoms with E-state index in [9.17, 15) is 5.11 Å². The number of aromatic hydroxyl groups is 1. The lowest BCUT2D eigenvalue weighted by atomic mass is 10.1. The van der Waals surface area contributed by atoms with Crippen LogP contribution in [0, 0.1) is 6.92 Å². The van der Waals surface area contributed by atoms with Crippen molar-refractivity contribution < 1.29 is 5.11 Å². The minimum atomic E-state index is 0.165. The Bertz CT molecular complexity index is 500. The highest BCUT2D eigenvalue weighted by Crippen LogP contribution is 2.25. The molecule has 1 aromatic carbocycles. The van der Waals surface area contributed by atoms with Crippen LogP contribution >= 0.6 is 0 Å². The average Bonchev–Trinajstić information content (AvgIpc) is 2.60. The fourth-order valence-electron chi connectivity index (χ4n) is 1.71. The van der Waals surface area contributed by atoms with Gasteiger partial charge in [-0.15, -0.1) is 0 Å². The summed E-state index contributed by atoms with van der Waals surface area (Å²) in [5.41, 5.74) is 3.04. The first kappa shape index (κ1) is 10.7. The van der Waals surface area contributed by atoms with Crippen LogP contribution in [0.5, 0.6) is 5.88 Å². The molecule has 0 unspecified atom stereocenters. The van der Waals surface area contributed by atoms with Crippen molar-refractivity contribution in [2.24, 2.45) is 0 Å². The molecule has 1 N–H and O–H groups in total. The monoisotopic (exact) mass is 216 g/mol. The Balaban J connectivity index is 2.45. The minimum Gasteiger partial charge on any atom is -0.493 e. The molecular formula is C13H16N2O. The molecule has 0 radical (unpaired) electrons. The zero-order valence-electron chi connectivity index (χ0n) is 9.81. The van der Waals surface area contributed by atoms with E-state index in [1.165, 1.54) is 5.56 Å². The third kappa shape index (κ3) is 1.94. The molecule has 0 fully saturated rings. The van der Waals surface area contributed by atoms with E-state index in [1.807, 2.05) is 39.0 Å². The summed E-state index contributed by atoms with van der Waals surface area (Å²) in [5.74, 6) is 0.214. The number of aryl methyl sites for hydroxylation is 1. The first-order valence-electron chi connectivity index (χ1n) is 5.43. The van der Waals surface area contributed by atoms with Gasteiger partial charge in [-0.1, -0.05) is 23.8 Å². The molecule has 0 saturated carbocycles. The van der Waals surface area contributed by atoms with E-state index >= 15 is 0 Å². The predicted molar refractivity (Wildman–Crippen MR) is 64.4 cm³/mol. The molecule has 0 aliphatic carbocycles. The molecule has 3 heteroatoms. The lowest BCUT2D eigenvalue weighted by Crippen LogP contribution is -2.01. The Morgan fingerprint density at radius 2 is 2.00 bits per heavy atom. The smallest absolute Gasteiger partial charge is 0.210 e. The van der Waals surface area contributed by atoms with Crippen LogP contribution < -0.4 is 0 Å². The second-order valence-corrected chi connectivity index (χ2v) is 4.30. The highest BCUT2D eigenvalue weighted by atomic mass is 16.3. The van der Waals surface area contributed by atoms with Crippen molar-refractivity contribution in [3.63, 3.8) is 0 Å². The molecule has 0 atom stereocenters. The zero-order chi connectivity index (χ0) is 11.7. The van der Waals surface area contributed by atoms with Crippen LogP contribution in [0.25, 0.3) is 11.3 Å². The molecule has 0 spiro atoms. The summed E-state index contributed by atoms with van der Waals surface area (Å²) >= 11 is 0. The SMILES string of the molecule is Cc1cccc(-c2cc(O)n(C(C)C)n2)c1. The first-order valence-corrected chi connectivity index (χ1v) is 5.43. The summed E-state index contributed by atoms with van der Waals surface area (Å²) in [7, 11) is 0. The van der Waals surface area contributed by atoms with Crippen molar-refractivity contribution >= 4 is 0 Å². The van der Waals surface area contributed by atoms with Gasteiger partial charge in [-0.3, -0.25) is 0 Å². The van der Waals surface area contributed by atoms with Gasteiger partial charge in [0.1, 0.15) is 0 Å². The third-order valence-corrected chi connectivity index (χ3v) is 2.52. The van der Waals surface area contributed by atoms with Gasteiger partial charge in [0.25, 0.3) is 0 Å². The van der Waals surface area contributed by atoms with Crippen LogP contribution in [-0.2, 0) is 0 Å². The van der Waals surface area contributed by atoms with Gasteiger partial charge in [-0.05, 0) is 26.8 Å². The van der Waals surface area contributed by atoms with Gasteiger partial charge in [-0.25, -0.2) is 4.68 Å². The summed E-state index contributed by atoms with van der Waals surface area (Å²) in [6, 6.07) is 9.97. The molecule has 2 aromatic rings. The molecule has 2 rings (SSSR count). The van der Waals surface area contributed by atoms with Crippen LogP contribution in [0.15, 0.2) is 30.3 Å². The van der Waals surface area contributed by atoms with Crippen molar-refractivity contribution in [1.82, 2.24) is 9.78 Å². The molecule has 0 bridgehead atoms. The van der Waals surface area contributed by atoms with Gasteiger partial charge in [0.05, 0.1) is 11.7 Å². The molecule has 1 aromatic heterocycles. The van der Waals surface area contributed by atoms with E-state index in [-0.39, 0.29) is 11.9 Å². The van der Waals surface area contributed by atoms with Crippen molar-refractivity contribution in [3.8, 4) is 17.1 Å². The second kappa shape index (κ2) is 4.00. The minimum absolute atomic E-state index is 0.165. The van der Waals surface area contributed by atoms with E-state index < -0.39 is 0 Å². The lowest BCUT2D eigenvalue weighted by molar-refractivity contribution is 0.378. The second-order valence-electron chi connectivity index (χ2n) is 4.30. The molecule has 0 amide bonds. The molecule has 0 aliphatic rings. The van der Waals surface area contributed by atoms with E-state index in [0.717, 1.165) is 11.3 Å². The Hall–Kier alpha value is -1.77. The fraction of sp³-hybridized carbons (Fsp3) is 0.308. The number of hydrogen-bond donors (Lipinski definition) is 1. The average molecular weight is 216 g/mol. The van der Waals surface area contributed by atoms with Crippen molar-refractivity contribution in [2.75, 3.05) is 0 Å². The summed E-state index contributed by atoms with van der Waals surface area (Å²) in [6.07, 6.45) is 0. The standard InChI is InChI=1S/C13H16N2O/c1-9(2)15-13(16)8-12(14-15)11-6-4-5-10(3)7-11/h4-9,16H,1-3H3. The zero-order valence-corrected chi connectivity index (χ0v) is 9.81. The van der Waals surface area contributed by atoms with Crippen molar-refractivity contribution in [1.29, 1.82) is 0 Å². The first-order chi connectivity index (χ1) is 7.58. The number of rotatable bonds is 2. The van der Waals surface area contributed by atoms with Crippen LogP contribution in [0.4, 0.5) is 0 Å². The summed E-state index contributed by atoms with van der Waals surface area (Å²) in [6.45, 7) is 6.03. The number of nitrogens with zero attached hydrogens (tertiary/aromatic N) is 2. The van der Waals surface area contributed by atoms with Gasteiger partial charge < -0.3 is 5.11 Å². The van der Waals surface area contributed by atoms with E-state index in [2.05, 4.69) is 11.2 Å². The Morgan fingerprint density at radius 3 is 2.56 bits per heavy atom. The Morgan fingerprint density at radius 1 is 1.25 bits per heavy atom. The van der Waals surface area contributed by atoms with Crippen LogP contribution in [0.3, 0.4) is 0 Å². The summed E-state index contributed by atoms with van der Waals surface area (Å²) in [5, 5.41) is 14.1. The number of aromatic nitrogens is 2. The van der Waals surface area contributed by atoms with Gasteiger partial charge >= 0.3 is 0 Å². The van der Waals surface area contributed by atoms with Gasteiger partial charge in [0.2, 0.25) is 5.88 Å². The maximum Gasteiger partial charge on any atom is 0.210 e. The molecule has 0 saturated heterocycles. The van der Waals surface area contributed by atoms with Crippen LogP contribution in [0.2, 0.25) is 0 Å². The van der Waals surface area contributed by atoms with E-state index in [1.54, 1.807) is 10.7 Å².